The highest BCUT2D eigenvalue weighted by Gasteiger charge is 2.37. The lowest BCUT2D eigenvalue weighted by molar-refractivity contribution is -0.128. The molecule has 5 heteroatoms. The molecule has 1 heterocycles. The fourth-order valence-electron chi connectivity index (χ4n) is 2.51. The van der Waals surface area contributed by atoms with Crippen molar-refractivity contribution in [2.24, 2.45) is 5.73 Å². The van der Waals surface area contributed by atoms with Crippen molar-refractivity contribution in [2.45, 2.75) is 32.7 Å². The molecule has 0 radical (unpaired) electrons. The van der Waals surface area contributed by atoms with E-state index in [1.54, 1.807) is 9.80 Å². The smallest absolute Gasteiger partial charge is 0.253 e. The van der Waals surface area contributed by atoms with E-state index >= 15 is 0 Å². The van der Waals surface area contributed by atoms with Gasteiger partial charge in [-0.1, -0.05) is 26.0 Å². The fraction of sp³-hybridized carbons (Fsp3) is 0.467. The first-order chi connectivity index (χ1) is 9.61. The number of nitrogens with two attached hydrogens (primary N) is 1. The number of hydrogen-bond donors (Lipinski definition) is 1. The highest BCUT2D eigenvalue weighted by molar-refractivity contribution is 6.20. The molecule has 2 rings (SSSR count). The first-order valence-corrected chi connectivity index (χ1v) is 7.09. The minimum absolute atomic E-state index is 0.317. The Morgan fingerprint density at radius 3 is 1.70 bits per heavy atom. The van der Waals surface area contributed by atoms with Crippen molar-refractivity contribution in [3.63, 3.8) is 0 Å². The van der Waals surface area contributed by atoms with Gasteiger partial charge in [-0.3, -0.25) is 9.59 Å². The quantitative estimate of drug-likeness (QED) is 0.847. The number of carbonyl (C=O) groups excluding carboxylic acids is 2. The molecule has 1 aromatic rings. The summed E-state index contributed by atoms with van der Waals surface area (Å²) >= 11 is 0. The molecule has 0 fully saturated rings. The van der Waals surface area contributed by atoms with Crippen molar-refractivity contribution >= 4 is 23.2 Å². The topological polar surface area (TPSA) is 66.6 Å². The Morgan fingerprint density at radius 1 is 0.950 bits per heavy atom. The molecule has 2 N–H and O–H groups in total. The highest BCUT2D eigenvalue weighted by Crippen LogP contribution is 2.33. The maximum atomic E-state index is 12.4. The number of carbonyl (C=O) groups is 2. The standard InChI is InChI=1S/C15H21N3O2/c1-3-9-17-11-7-5-6-8-12(11)18(10-4-2)15(20)13(16)14(17)19/h5-8,13H,3-4,9-10,16H2,1-2H3. The third-order valence-corrected chi connectivity index (χ3v) is 3.42. The van der Waals surface area contributed by atoms with E-state index in [2.05, 4.69) is 0 Å². The van der Waals surface area contributed by atoms with Gasteiger partial charge < -0.3 is 15.5 Å². The normalized spacial score (nSPS) is 16.4. The minimum Gasteiger partial charge on any atom is -0.312 e. The van der Waals surface area contributed by atoms with Gasteiger partial charge in [0.05, 0.1) is 11.4 Å². The zero-order chi connectivity index (χ0) is 14.7. The number of nitrogens with zero attached hydrogens (tertiary/aromatic N) is 2. The van der Waals surface area contributed by atoms with E-state index in [0.717, 1.165) is 24.2 Å². The van der Waals surface area contributed by atoms with E-state index in [1.807, 2.05) is 38.1 Å². The Labute approximate surface area is 119 Å². The van der Waals surface area contributed by atoms with Gasteiger partial charge >= 0.3 is 0 Å². The minimum atomic E-state index is -1.11. The Morgan fingerprint density at radius 2 is 1.35 bits per heavy atom. The van der Waals surface area contributed by atoms with Gasteiger partial charge in [-0.2, -0.15) is 0 Å². The number of benzene rings is 1. The van der Waals surface area contributed by atoms with Crippen LogP contribution in [0.25, 0.3) is 0 Å². The molecule has 108 valence electrons. The fourth-order valence-corrected chi connectivity index (χ4v) is 2.51. The molecule has 0 atom stereocenters. The molecule has 0 aliphatic carbocycles. The molecule has 0 spiro atoms. The first-order valence-electron chi connectivity index (χ1n) is 7.09. The number of hydrogen-bond acceptors (Lipinski definition) is 3. The van der Waals surface area contributed by atoms with Crippen LogP contribution < -0.4 is 15.5 Å². The van der Waals surface area contributed by atoms with E-state index in [1.165, 1.54) is 0 Å². The average molecular weight is 275 g/mol. The van der Waals surface area contributed by atoms with E-state index in [4.69, 9.17) is 5.73 Å². The Balaban J connectivity index is 2.56. The molecule has 0 aromatic heterocycles. The van der Waals surface area contributed by atoms with Gasteiger partial charge in [-0.25, -0.2) is 0 Å². The number of fused-ring (bicyclic) bond motifs is 1. The molecule has 5 nitrogen and oxygen atoms in total. The summed E-state index contributed by atoms with van der Waals surface area (Å²) in [4.78, 5) is 28.1. The molecule has 1 aliphatic heterocycles. The van der Waals surface area contributed by atoms with Crippen LogP contribution in [0, 0.1) is 0 Å². The van der Waals surface area contributed by atoms with Gasteiger partial charge in [0, 0.05) is 13.1 Å². The predicted molar refractivity (Wildman–Crippen MR) is 79.7 cm³/mol. The van der Waals surface area contributed by atoms with Gasteiger partial charge in [-0.05, 0) is 25.0 Å². The SMILES string of the molecule is CCCN1C(=O)C(N)C(=O)N(CCC)c2ccccc21. The van der Waals surface area contributed by atoms with Gasteiger partial charge in [0.25, 0.3) is 11.8 Å². The number of rotatable bonds is 4. The van der Waals surface area contributed by atoms with Gasteiger partial charge in [0.1, 0.15) is 0 Å². The van der Waals surface area contributed by atoms with E-state index < -0.39 is 6.04 Å². The Bertz CT molecular complexity index is 471. The van der Waals surface area contributed by atoms with Gasteiger partial charge in [0.2, 0.25) is 0 Å². The molecule has 0 saturated carbocycles. The number of para-hydroxylation sites is 2. The lowest BCUT2D eigenvalue weighted by Gasteiger charge is -2.24. The van der Waals surface area contributed by atoms with Crippen LogP contribution in [-0.4, -0.2) is 30.9 Å². The van der Waals surface area contributed by atoms with Crippen LogP contribution in [0.5, 0.6) is 0 Å². The summed E-state index contributed by atoms with van der Waals surface area (Å²) in [7, 11) is 0. The number of amides is 2. The summed E-state index contributed by atoms with van der Waals surface area (Å²) in [5.74, 6) is -0.634. The summed E-state index contributed by atoms with van der Waals surface area (Å²) in [6, 6.07) is 6.38. The molecule has 1 aliphatic rings. The Hall–Kier alpha value is -1.88. The van der Waals surface area contributed by atoms with Crippen molar-refractivity contribution in [3.8, 4) is 0 Å². The largest absolute Gasteiger partial charge is 0.312 e. The molecule has 20 heavy (non-hydrogen) atoms. The zero-order valence-electron chi connectivity index (χ0n) is 12.0. The van der Waals surface area contributed by atoms with E-state index in [9.17, 15) is 9.59 Å². The first kappa shape index (κ1) is 14.5. The van der Waals surface area contributed by atoms with Gasteiger partial charge in [0.15, 0.2) is 6.04 Å². The monoisotopic (exact) mass is 275 g/mol. The van der Waals surface area contributed by atoms with Crippen LogP contribution in [0.2, 0.25) is 0 Å². The third-order valence-electron chi connectivity index (χ3n) is 3.42. The van der Waals surface area contributed by atoms with E-state index in [-0.39, 0.29) is 11.8 Å². The van der Waals surface area contributed by atoms with Crippen LogP contribution in [0.4, 0.5) is 11.4 Å². The van der Waals surface area contributed by atoms with Crippen molar-refractivity contribution in [1.82, 2.24) is 0 Å². The van der Waals surface area contributed by atoms with Crippen molar-refractivity contribution < 1.29 is 9.59 Å². The summed E-state index contributed by atoms with van der Waals surface area (Å²) in [6.07, 6.45) is 1.63. The second-order valence-electron chi connectivity index (χ2n) is 4.95. The Kier molecular flexibility index (Phi) is 4.39. The molecule has 0 unspecified atom stereocenters. The van der Waals surface area contributed by atoms with Crippen LogP contribution in [0.3, 0.4) is 0 Å². The highest BCUT2D eigenvalue weighted by atomic mass is 16.2. The summed E-state index contributed by atoms with van der Waals surface area (Å²) in [5.41, 5.74) is 7.40. The molecule has 0 bridgehead atoms. The maximum absolute atomic E-state index is 12.4. The van der Waals surface area contributed by atoms with Crippen LogP contribution in [-0.2, 0) is 9.59 Å². The molecule has 1 aromatic carbocycles. The second kappa shape index (κ2) is 6.05. The van der Waals surface area contributed by atoms with Crippen molar-refractivity contribution in [1.29, 1.82) is 0 Å². The lowest BCUT2D eigenvalue weighted by Crippen LogP contribution is -2.51. The molecule has 0 saturated heterocycles. The third kappa shape index (κ3) is 2.41. The summed E-state index contributed by atoms with van der Waals surface area (Å²) < 4.78 is 0. The molecule has 2 amide bonds. The summed E-state index contributed by atoms with van der Waals surface area (Å²) in [6.45, 7) is 5.13. The number of anilines is 2. The average Bonchev–Trinajstić information content (AvgIpc) is 2.54. The predicted octanol–water partition coefficient (Wildman–Crippen LogP) is 1.51. The van der Waals surface area contributed by atoms with Crippen LogP contribution >= 0.6 is 0 Å². The zero-order valence-corrected chi connectivity index (χ0v) is 12.0. The van der Waals surface area contributed by atoms with Gasteiger partial charge in [-0.15, -0.1) is 0 Å². The maximum Gasteiger partial charge on any atom is 0.253 e. The second-order valence-corrected chi connectivity index (χ2v) is 4.95. The van der Waals surface area contributed by atoms with E-state index in [0.29, 0.717) is 13.1 Å². The lowest BCUT2D eigenvalue weighted by atomic mass is 10.2. The summed E-state index contributed by atoms with van der Waals surface area (Å²) in [5, 5.41) is 0. The molecular formula is C15H21N3O2. The van der Waals surface area contributed by atoms with Crippen molar-refractivity contribution in [2.75, 3.05) is 22.9 Å². The van der Waals surface area contributed by atoms with Crippen LogP contribution in [0.1, 0.15) is 26.7 Å². The van der Waals surface area contributed by atoms with Crippen molar-refractivity contribution in [3.05, 3.63) is 24.3 Å². The van der Waals surface area contributed by atoms with Crippen LogP contribution in [0.15, 0.2) is 24.3 Å². The molecular weight excluding hydrogens is 254 g/mol.